The highest BCUT2D eigenvalue weighted by atomic mass is 35.5. The molecule has 1 N–H and O–H groups in total. The maximum Gasteiger partial charge on any atom is 0.238 e. The van der Waals surface area contributed by atoms with Crippen molar-refractivity contribution in [2.75, 3.05) is 25.5 Å². The van der Waals surface area contributed by atoms with Crippen LogP contribution in [0.1, 0.15) is 46.0 Å². The van der Waals surface area contributed by atoms with E-state index in [0.29, 0.717) is 16.8 Å². The lowest BCUT2D eigenvalue weighted by Crippen LogP contribution is -2.49. The first-order valence-corrected chi connectivity index (χ1v) is 9.80. The molecule has 1 aliphatic carbocycles. The molecule has 0 bridgehead atoms. The zero-order valence-electron chi connectivity index (χ0n) is 16.0. The van der Waals surface area contributed by atoms with Crippen LogP contribution in [0.5, 0.6) is 0 Å². The summed E-state index contributed by atoms with van der Waals surface area (Å²) in [6, 6.07) is 7.63. The summed E-state index contributed by atoms with van der Waals surface area (Å²) in [6.45, 7) is 4.52. The van der Waals surface area contributed by atoms with Crippen LogP contribution in [0.2, 0.25) is 5.02 Å². The van der Waals surface area contributed by atoms with E-state index in [1.807, 2.05) is 17.0 Å². The van der Waals surface area contributed by atoms with Gasteiger partial charge >= 0.3 is 0 Å². The van der Waals surface area contributed by atoms with Gasteiger partial charge in [-0.15, -0.1) is 0 Å². The number of nitrogens with one attached hydrogen (secondary N) is 1. The maximum atomic E-state index is 12.8. The molecule has 0 radical (unpaired) electrons. The monoisotopic (exact) mass is 379 g/mol. The van der Waals surface area contributed by atoms with Crippen molar-refractivity contribution < 1.29 is 9.59 Å². The van der Waals surface area contributed by atoms with Crippen molar-refractivity contribution in [3.05, 3.63) is 29.3 Å². The Morgan fingerprint density at radius 2 is 1.81 bits per heavy atom. The summed E-state index contributed by atoms with van der Waals surface area (Å²) in [6.07, 6.45) is 5.81. The molecule has 0 spiro atoms. The van der Waals surface area contributed by atoms with E-state index in [-0.39, 0.29) is 30.9 Å². The van der Waals surface area contributed by atoms with Gasteiger partial charge in [0, 0.05) is 12.1 Å². The van der Waals surface area contributed by atoms with Gasteiger partial charge in [0.15, 0.2) is 0 Å². The number of rotatable bonds is 7. The van der Waals surface area contributed by atoms with E-state index in [1.165, 1.54) is 19.3 Å². The number of carbonyl (C=O) groups excluding carboxylic acids is 2. The van der Waals surface area contributed by atoms with Crippen molar-refractivity contribution in [2.24, 2.45) is 0 Å². The molecule has 26 heavy (non-hydrogen) atoms. The molecule has 5 nitrogen and oxygen atoms in total. The number of anilines is 1. The van der Waals surface area contributed by atoms with Gasteiger partial charge in [-0.3, -0.25) is 14.5 Å². The molecule has 0 saturated heterocycles. The quantitative estimate of drug-likeness (QED) is 0.784. The molecular weight excluding hydrogens is 350 g/mol. The number of nitrogens with zero attached hydrogens (tertiary/aromatic N) is 2. The molecule has 1 fully saturated rings. The molecule has 1 aromatic carbocycles. The van der Waals surface area contributed by atoms with Crippen LogP contribution in [0.15, 0.2) is 24.3 Å². The molecule has 1 aromatic rings. The Hall–Kier alpha value is -1.59. The number of benzene rings is 1. The standard InChI is InChI=1S/C20H30ClN3O2/c1-15(2)24(16-9-5-4-6-10-16)20(26)14-23(3)13-19(25)22-18-12-8-7-11-17(18)21/h7-8,11-12,15-16H,4-6,9-10,13-14H2,1-3H3,(H,22,25). The molecule has 2 rings (SSSR count). The predicted molar refractivity (Wildman–Crippen MR) is 106 cm³/mol. The third-order valence-corrected chi connectivity index (χ3v) is 5.11. The zero-order chi connectivity index (χ0) is 19.1. The molecule has 0 aliphatic heterocycles. The highest BCUT2D eigenvalue weighted by Gasteiger charge is 2.28. The Balaban J connectivity index is 1.88. The summed E-state index contributed by atoms with van der Waals surface area (Å²) in [7, 11) is 1.80. The number of para-hydroxylation sites is 1. The maximum absolute atomic E-state index is 12.8. The number of halogens is 1. The summed E-state index contributed by atoms with van der Waals surface area (Å²) in [4.78, 5) is 28.8. The first-order chi connectivity index (χ1) is 12.4. The number of carbonyl (C=O) groups is 2. The summed E-state index contributed by atoms with van der Waals surface area (Å²) >= 11 is 6.06. The second-order valence-corrected chi connectivity index (χ2v) is 7.79. The summed E-state index contributed by atoms with van der Waals surface area (Å²) in [5, 5.41) is 3.29. The highest BCUT2D eigenvalue weighted by molar-refractivity contribution is 6.33. The fraction of sp³-hybridized carbons (Fsp3) is 0.600. The van der Waals surface area contributed by atoms with E-state index >= 15 is 0 Å². The van der Waals surface area contributed by atoms with E-state index in [1.54, 1.807) is 24.1 Å². The van der Waals surface area contributed by atoms with E-state index in [4.69, 9.17) is 11.6 Å². The normalized spacial score (nSPS) is 15.3. The van der Waals surface area contributed by atoms with E-state index in [2.05, 4.69) is 19.2 Å². The van der Waals surface area contributed by atoms with Gasteiger partial charge in [-0.25, -0.2) is 0 Å². The van der Waals surface area contributed by atoms with Crippen molar-refractivity contribution in [3.63, 3.8) is 0 Å². The molecule has 0 aromatic heterocycles. The number of likely N-dealkylation sites (N-methyl/N-ethyl adjacent to an activating group) is 1. The SMILES string of the molecule is CC(C)N(C(=O)CN(C)CC(=O)Nc1ccccc1Cl)C1CCCCC1. The lowest BCUT2D eigenvalue weighted by molar-refractivity contribution is -0.137. The molecular formula is C20H30ClN3O2. The van der Waals surface area contributed by atoms with Gasteiger partial charge in [0.1, 0.15) is 0 Å². The van der Waals surface area contributed by atoms with Crippen LogP contribution in [0.4, 0.5) is 5.69 Å². The smallest absolute Gasteiger partial charge is 0.238 e. The lowest BCUT2D eigenvalue weighted by atomic mass is 9.93. The second kappa shape index (κ2) is 9.93. The lowest BCUT2D eigenvalue weighted by Gasteiger charge is -2.38. The average Bonchev–Trinajstić information content (AvgIpc) is 2.57. The number of amides is 2. The van der Waals surface area contributed by atoms with Gasteiger partial charge in [-0.1, -0.05) is 43.0 Å². The zero-order valence-corrected chi connectivity index (χ0v) is 16.8. The van der Waals surface area contributed by atoms with E-state index in [0.717, 1.165) is 12.8 Å². The third-order valence-electron chi connectivity index (χ3n) is 4.78. The van der Waals surface area contributed by atoms with Crippen LogP contribution >= 0.6 is 11.6 Å². The average molecular weight is 380 g/mol. The van der Waals surface area contributed by atoms with Crippen molar-refractivity contribution >= 4 is 29.1 Å². The molecule has 2 amide bonds. The van der Waals surface area contributed by atoms with Crippen molar-refractivity contribution in [2.45, 2.75) is 58.0 Å². The van der Waals surface area contributed by atoms with Gasteiger partial charge in [-0.05, 0) is 45.9 Å². The van der Waals surface area contributed by atoms with E-state index < -0.39 is 0 Å². The summed E-state index contributed by atoms with van der Waals surface area (Å²) in [5.74, 6) is -0.0814. The topological polar surface area (TPSA) is 52.7 Å². The van der Waals surface area contributed by atoms with Gasteiger partial charge in [0.05, 0.1) is 23.8 Å². The van der Waals surface area contributed by atoms with Crippen LogP contribution < -0.4 is 5.32 Å². The van der Waals surface area contributed by atoms with Gasteiger partial charge in [0.25, 0.3) is 0 Å². The van der Waals surface area contributed by atoms with Crippen LogP contribution in [-0.4, -0.2) is 53.8 Å². The number of hydrogen-bond acceptors (Lipinski definition) is 3. The highest BCUT2D eigenvalue weighted by Crippen LogP contribution is 2.24. The molecule has 1 aliphatic rings. The number of hydrogen-bond donors (Lipinski definition) is 1. The van der Waals surface area contributed by atoms with Gasteiger partial charge in [-0.2, -0.15) is 0 Å². The van der Waals surface area contributed by atoms with Crippen LogP contribution in [0, 0.1) is 0 Å². The minimum atomic E-state index is -0.179. The molecule has 0 atom stereocenters. The Labute approximate surface area is 161 Å². The largest absolute Gasteiger partial charge is 0.336 e. The Kier molecular flexibility index (Phi) is 7.91. The van der Waals surface area contributed by atoms with Crippen molar-refractivity contribution in [3.8, 4) is 0 Å². The minimum absolute atomic E-state index is 0.0972. The van der Waals surface area contributed by atoms with Crippen LogP contribution in [0.3, 0.4) is 0 Å². The van der Waals surface area contributed by atoms with Crippen molar-refractivity contribution in [1.82, 2.24) is 9.80 Å². The molecule has 6 heteroatoms. The Bertz CT molecular complexity index is 615. The van der Waals surface area contributed by atoms with Crippen LogP contribution in [-0.2, 0) is 9.59 Å². The first kappa shape index (κ1) is 20.7. The van der Waals surface area contributed by atoms with Gasteiger partial charge < -0.3 is 10.2 Å². The second-order valence-electron chi connectivity index (χ2n) is 7.39. The van der Waals surface area contributed by atoms with Crippen molar-refractivity contribution in [1.29, 1.82) is 0 Å². The molecule has 0 unspecified atom stereocenters. The van der Waals surface area contributed by atoms with Gasteiger partial charge in [0.2, 0.25) is 11.8 Å². The molecule has 0 heterocycles. The Morgan fingerprint density at radius 3 is 2.42 bits per heavy atom. The summed E-state index contributed by atoms with van der Waals surface area (Å²) < 4.78 is 0. The van der Waals surface area contributed by atoms with E-state index in [9.17, 15) is 9.59 Å². The minimum Gasteiger partial charge on any atom is -0.336 e. The predicted octanol–water partition coefficient (Wildman–Crippen LogP) is 3.78. The fourth-order valence-corrected chi connectivity index (χ4v) is 3.82. The summed E-state index contributed by atoms with van der Waals surface area (Å²) in [5.41, 5.74) is 0.588. The molecule has 1 saturated carbocycles. The first-order valence-electron chi connectivity index (χ1n) is 9.42. The van der Waals surface area contributed by atoms with Crippen LogP contribution in [0.25, 0.3) is 0 Å². The Morgan fingerprint density at radius 1 is 1.15 bits per heavy atom. The third kappa shape index (κ3) is 5.99. The fourth-order valence-electron chi connectivity index (χ4n) is 3.64. The molecule has 144 valence electrons.